The Balaban J connectivity index is 1.90. The molecule has 2 aromatic heterocycles. The summed E-state index contributed by atoms with van der Waals surface area (Å²) < 4.78 is 1.11. The number of carbonyl (C=O) groups excluding carboxylic acids is 1. The highest BCUT2D eigenvalue weighted by molar-refractivity contribution is 7.20. The average Bonchev–Trinajstić information content (AvgIpc) is 2.96. The van der Waals surface area contributed by atoms with Gasteiger partial charge in [-0.15, -0.1) is 11.3 Å². The molecule has 5 heteroatoms. The van der Waals surface area contributed by atoms with Crippen LogP contribution in [0, 0.1) is 6.92 Å². The number of H-pyrrole nitrogens is 1. The number of aromatic amines is 1. The van der Waals surface area contributed by atoms with Crippen LogP contribution in [0.1, 0.15) is 15.2 Å². The van der Waals surface area contributed by atoms with Crippen LogP contribution in [0.5, 0.6) is 0 Å². The van der Waals surface area contributed by atoms with Crippen molar-refractivity contribution < 1.29 is 4.79 Å². The van der Waals surface area contributed by atoms with Crippen LogP contribution in [0.2, 0.25) is 0 Å². The molecule has 0 spiro atoms. The second-order valence-corrected chi connectivity index (χ2v) is 5.11. The van der Waals surface area contributed by atoms with Crippen molar-refractivity contribution in [3.63, 3.8) is 0 Å². The summed E-state index contributed by atoms with van der Waals surface area (Å²) in [6, 6.07) is 9.86. The molecule has 0 aliphatic heterocycles. The summed E-state index contributed by atoms with van der Waals surface area (Å²) in [6.07, 6.45) is 1.68. The standard InChI is InChI=1S/C13H11N3OS/c1-8-7-14-16-12(8)15-13(17)11-6-9-4-2-3-5-10(9)18-11/h2-7H,1H3,(H2,14,15,16,17). The molecule has 0 saturated heterocycles. The van der Waals surface area contributed by atoms with E-state index in [4.69, 9.17) is 0 Å². The Kier molecular flexibility index (Phi) is 2.60. The molecule has 18 heavy (non-hydrogen) atoms. The summed E-state index contributed by atoms with van der Waals surface area (Å²) in [4.78, 5) is 12.8. The van der Waals surface area contributed by atoms with Crippen molar-refractivity contribution in [3.05, 3.63) is 47.0 Å². The van der Waals surface area contributed by atoms with Crippen molar-refractivity contribution >= 4 is 33.1 Å². The van der Waals surface area contributed by atoms with Crippen LogP contribution in [-0.2, 0) is 0 Å². The highest BCUT2D eigenvalue weighted by Crippen LogP contribution is 2.25. The normalized spacial score (nSPS) is 10.7. The minimum absolute atomic E-state index is 0.108. The van der Waals surface area contributed by atoms with E-state index in [0.717, 1.165) is 15.6 Å². The van der Waals surface area contributed by atoms with Crippen molar-refractivity contribution in [1.82, 2.24) is 10.2 Å². The molecule has 2 heterocycles. The molecule has 0 unspecified atom stereocenters. The number of aryl methyl sites for hydroxylation is 1. The van der Waals surface area contributed by atoms with Crippen molar-refractivity contribution in [2.75, 3.05) is 5.32 Å². The summed E-state index contributed by atoms with van der Waals surface area (Å²) >= 11 is 1.49. The lowest BCUT2D eigenvalue weighted by Crippen LogP contribution is -2.11. The maximum absolute atomic E-state index is 12.1. The molecule has 90 valence electrons. The first kappa shape index (κ1) is 11.0. The Morgan fingerprint density at radius 3 is 2.94 bits per heavy atom. The van der Waals surface area contributed by atoms with Gasteiger partial charge in [0.1, 0.15) is 5.82 Å². The molecule has 0 bridgehead atoms. The third-order valence-corrected chi connectivity index (χ3v) is 3.83. The van der Waals surface area contributed by atoms with Crippen molar-refractivity contribution in [2.45, 2.75) is 6.92 Å². The van der Waals surface area contributed by atoms with E-state index in [2.05, 4.69) is 15.5 Å². The molecular formula is C13H11N3OS. The predicted octanol–water partition coefficient (Wildman–Crippen LogP) is 3.19. The van der Waals surface area contributed by atoms with Crippen molar-refractivity contribution in [1.29, 1.82) is 0 Å². The first-order valence-corrected chi connectivity index (χ1v) is 6.35. The zero-order valence-electron chi connectivity index (χ0n) is 9.73. The number of nitrogens with zero attached hydrogens (tertiary/aromatic N) is 1. The maximum Gasteiger partial charge on any atom is 0.266 e. The number of nitrogens with one attached hydrogen (secondary N) is 2. The maximum atomic E-state index is 12.1. The number of hydrogen-bond acceptors (Lipinski definition) is 3. The molecule has 0 aliphatic rings. The van der Waals surface area contributed by atoms with Crippen molar-refractivity contribution in [2.24, 2.45) is 0 Å². The van der Waals surface area contributed by atoms with Gasteiger partial charge in [0.05, 0.1) is 11.1 Å². The lowest BCUT2D eigenvalue weighted by molar-refractivity contribution is 0.103. The second-order valence-electron chi connectivity index (χ2n) is 4.03. The molecule has 3 aromatic rings. The minimum Gasteiger partial charge on any atom is -0.306 e. The van der Waals surface area contributed by atoms with Gasteiger partial charge in [0.25, 0.3) is 5.91 Å². The number of thiophene rings is 1. The Bertz CT molecular complexity index is 681. The van der Waals surface area contributed by atoms with Gasteiger partial charge in [0.2, 0.25) is 0 Å². The fourth-order valence-electron chi connectivity index (χ4n) is 1.74. The zero-order chi connectivity index (χ0) is 12.5. The van der Waals surface area contributed by atoms with Crippen LogP contribution in [-0.4, -0.2) is 16.1 Å². The molecule has 4 nitrogen and oxygen atoms in total. The molecule has 0 aliphatic carbocycles. The van der Waals surface area contributed by atoms with Gasteiger partial charge in [0.15, 0.2) is 0 Å². The predicted molar refractivity (Wildman–Crippen MR) is 73.1 cm³/mol. The van der Waals surface area contributed by atoms with E-state index in [1.165, 1.54) is 11.3 Å². The molecule has 1 amide bonds. The van der Waals surface area contributed by atoms with E-state index < -0.39 is 0 Å². The van der Waals surface area contributed by atoms with Gasteiger partial charge in [-0.1, -0.05) is 18.2 Å². The van der Waals surface area contributed by atoms with Crippen LogP contribution >= 0.6 is 11.3 Å². The zero-order valence-corrected chi connectivity index (χ0v) is 10.5. The smallest absolute Gasteiger partial charge is 0.266 e. The Labute approximate surface area is 108 Å². The van der Waals surface area contributed by atoms with Gasteiger partial charge in [-0.2, -0.15) is 5.10 Å². The van der Waals surface area contributed by atoms with E-state index in [9.17, 15) is 4.79 Å². The van der Waals surface area contributed by atoms with E-state index in [1.54, 1.807) is 6.20 Å². The molecule has 0 radical (unpaired) electrons. The van der Waals surface area contributed by atoms with E-state index in [-0.39, 0.29) is 5.91 Å². The van der Waals surface area contributed by atoms with Gasteiger partial charge in [-0.3, -0.25) is 9.89 Å². The molecule has 2 N–H and O–H groups in total. The van der Waals surface area contributed by atoms with Gasteiger partial charge in [-0.25, -0.2) is 0 Å². The number of rotatable bonds is 2. The molecular weight excluding hydrogens is 246 g/mol. The number of fused-ring (bicyclic) bond motifs is 1. The monoisotopic (exact) mass is 257 g/mol. The van der Waals surface area contributed by atoms with Crippen LogP contribution in [0.3, 0.4) is 0 Å². The Morgan fingerprint density at radius 1 is 1.39 bits per heavy atom. The third-order valence-electron chi connectivity index (χ3n) is 2.72. The fourth-order valence-corrected chi connectivity index (χ4v) is 2.70. The van der Waals surface area contributed by atoms with Gasteiger partial charge < -0.3 is 5.32 Å². The lowest BCUT2D eigenvalue weighted by atomic mass is 10.2. The molecule has 3 rings (SSSR count). The number of hydrogen-bond donors (Lipinski definition) is 2. The van der Waals surface area contributed by atoms with Crippen molar-refractivity contribution in [3.8, 4) is 0 Å². The number of benzene rings is 1. The minimum atomic E-state index is -0.108. The SMILES string of the molecule is Cc1cn[nH]c1NC(=O)c1cc2ccccc2s1. The van der Waals surface area contributed by atoms with Gasteiger partial charge in [0, 0.05) is 10.3 Å². The second kappa shape index (κ2) is 4.27. The summed E-state index contributed by atoms with van der Waals surface area (Å²) in [5, 5.41) is 10.5. The number of amides is 1. The van der Waals surface area contributed by atoms with Crippen LogP contribution < -0.4 is 5.32 Å². The average molecular weight is 257 g/mol. The molecule has 0 atom stereocenters. The van der Waals surface area contributed by atoms with Crippen LogP contribution in [0.4, 0.5) is 5.82 Å². The topological polar surface area (TPSA) is 57.8 Å². The highest BCUT2D eigenvalue weighted by Gasteiger charge is 2.11. The number of carbonyl (C=O) groups is 1. The number of anilines is 1. The summed E-state index contributed by atoms with van der Waals surface area (Å²) in [7, 11) is 0. The first-order chi connectivity index (χ1) is 8.74. The van der Waals surface area contributed by atoms with Gasteiger partial charge in [-0.05, 0) is 24.4 Å². The molecule has 0 fully saturated rings. The molecule has 0 saturated carbocycles. The number of aromatic nitrogens is 2. The highest BCUT2D eigenvalue weighted by atomic mass is 32.1. The quantitative estimate of drug-likeness (QED) is 0.740. The fraction of sp³-hybridized carbons (Fsp3) is 0.0769. The van der Waals surface area contributed by atoms with E-state index in [1.807, 2.05) is 37.3 Å². The third kappa shape index (κ3) is 1.89. The van der Waals surface area contributed by atoms with E-state index in [0.29, 0.717) is 10.7 Å². The largest absolute Gasteiger partial charge is 0.306 e. The van der Waals surface area contributed by atoms with E-state index >= 15 is 0 Å². The Hall–Kier alpha value is -2.14. The first-order valence-electron chi connectivity index (χ1n) is 5.54. The Morgan fingerprint density at radius 2 is 2.22 bits per heavy atom. The molecule has 1 aromatic carbocycles. The summed E-state index contributed by atoms with van der Waals surface area (Å²) in [6.45, 7) is 1.89. The lowest BCUT2D eigenvalue weighted by Gasteiger charge is -2.00. The summed E-state index contributed by atoms with van der Waals surface area (Å²) in [5.41, 5.74) is 0.921. The van der Waals surface area contributed by atoms with Crippen LogP contribution in [0.25, 0.3) is 10.1 Å². The summed E-state index contributed by atoms with van der Waals surface area (Å²) in [5.74, 6) is 0.543. The van der Waals surface area contributed by atoms with Gasteiger partial charge >= 0.3 is 0 Å². The van der Waals surface area contributed by atoms with Crippen LogP contribution in [0.15, 0.2) is 36.5 Å².